The number of hydrogen-bond acceptors (Lipinski definition) is 7. The Morgan fingerprint density at radius 2 is 2.18 bits per heavy atom. The molecule has 9 heteroatoms. The van der Waals surface area contributed by atoms with E-state index in [1.807, 2.05) is 11.0 Å². The second-order valence-electron chi connectivity index (χ2n) is 10.4. The molecule has 2 aromatic rings. The number of aliphatic carboxylic acids is 1. The third-order valence-electron chi connectivity index (χ3n) is 7.83. The van der Waals surface area contributed by atoms with Gasteiger partial charge in [-0.25, -0.2) is 9.37 Å². The molecule has 2 N–H and O–H groups in total. The lowest BCUT2D eigenvalue weighted by Crippen LogP contribution is -2.34. The van der Waals surface area contributed by atoms with E-state index >= 15 is 0 Å². The lowest BCUT2D eigenvalue weighted by Gasteiger charge is -2.28. The van der Waals surface area contributed by atoms with Gasteiger partial charge in [-0.2, -0.15) is 0 Å². The Hall–Kier alpha value is -2.75. The lowest BCUT2D eigenvalue weighted by molar-refractivity contribution is -0.143. The highest BCUT2D eigenvalue weighted by atomic mass is 19.1. The van der Waals surface area contributed by atoms with Gasteiger partial charge < -0.3 is 24.6 Å². The van der Waals surface area contributed by atoms with Crippen LogP contribution in [0.1, 0.15) is 73.1 Å². The molecule has 1 aromatic heterocycles. The molecule has 0 spiro atoms. The summed E-state index contributed by atoms with van der Waals surface area (Å²) in [6.07, 6.45) is 7.03. The van der Waals surface area contributed by atoms with Crippen LogP contribution in [0.15, 0.2) is 24.3 Å². The number of benzene rings is 1. The van der Waals surface area contributed by atoms with Crippen molar-refractivity contribution in [2.75, 3.05) is 45.3 Å². The Kier molecular flexibility index (Phi) is 8.76. The topological polar surface area (TPSA) is 93.2 Å². The third-order valence-corrected chi connectivity index (χ3v) is 7.83. The molecule has 206 valence electrons. The number of methoxy groups -OCH3 is 1. The maximum atomic E-state index is 14.2. The lowest BCUT2D eigenvalue weighted by atomic mass is 9.94. The van der Waals surface area contributed by atoms with Crippen molar-refractivity contribution in [1.82, 2.24) is 9.88 Å². The molecule has 5 rings (SSSR count). The van der Waals surface area contributed by atoms with Gasteiger partial charge in [0.1, 0.15) is 23.4 Å². The Morgan fingerprint density at radius 3 is 2.97 bits per heavy atom. The van der Waals surface area contributed by atoms with E-state index < -0.39 is 17.8 Å². The number of aromatic nitrogens is 1. The van der Waals surface area contributed by atoms with E-state index in [1.165, 1.54) is 12.1 Å². The maximum Gasteiger partial charge on any atom is 0.325 e. The number of unbranched alkanes of at least 4 members (excludes halogenated alkanes) is 1. The number of fused-ring (bicyclic) bond motifs is 1. The number of nitrogens with one attached hydrogen (secondary N) is 1. The quantitative estimate of drug-likeness (QED) is 0.407. The fourth-order valence-electron chi connectivity index (χ4n) is 5.94. The molecule has 2 fully saturated rings. The fraction of sp³-hybridized carbons (Fsp3) is 0.586. The van der Waals surface area contributed by atoms with Crippen LogP contribution in [-0.2, 0) is 27.1 Å². The van der Waals surface area contributed by atoms with Crippen LogP contribution in [-0.4, -0.2) is 67.0 Å². The number of likely N-dealkylation sites (tertiary alicyclic amines) is 1. The first-order valence-electron chi connectivity index (χ1n) is 13.8. The zero-order valence-corrected chi connectivity index (χ0v) is 22.1. The van der Waals surface area contributed by atoms with Gasteiger partial charge in [-0.15, -0.1) is 0 Å². The van der Waals surface area contributed by atoms with Crippen molar-refractivity contribution in [1.29, 1.82) is 0 Å². The van der Waals surface area contributed by atoms with Crippen LogP contribution < -0.4 is 10.1 Å². The van der Waals surface area contributed by atoms with Gasteiger partial charge >= 0.3 is 5.97 Å². The Bertz CT molecular complexity index is 1110. The SMILES string of the molecule is COc1cc(CCCCO[C@@H]2CCN([C@@H](C(=O)O)c3cc(F)ccc3[C@@H]3CCCO3)C2)nc2c1CCCN2. The Labute approximate surface area is 223 Å². The zero-order valence-electron chi connectivity index (χ0n) is 22.1. The van der Waals surface area contributed by atoms with E-state index in [0.717, 1.165) is 86.3 Å². The number of aryl methyl sites for hydroxylation is 1. The van der Waals surface area contributed by atoms with Crippen molar-refractivity contribution in [2.24, 2.45) is 0 Å². The van der Waals surface area contributed by atoms with Crippen LogP contribution in [0.25, 0.3) is 0 Å². The number of hydrogen-bond donors (Lipinski definition) is 2. The number of anilines is 1. The van der Waals surface area contributed by atoms with Gasteiger partial charge in [-0.3, -0.25) is 9.69 Å². The average Bonchev–Trinajstić information content (AvgIpc) is 3.61. The van der Waals surface area contributed by atoms with Gasteiger partial charge in [-0.1, -0.05) is 6.07 Å². The molecule has 0 bridgehead atoms. The number of carboxylic acid groups (broad SMARTS) is 1. The largest absolute Gasteiger partial charge is 0.496 e. The molecular formula is C29H38FN3O5. The minimum absolute atomic E-state index is 0.0391. The summed E-state index contributed by atoms with van der Waals surface area (Å²) in [6.45, 7) is 3.29. The number of carboxylic acids is 1. The summed E-state index contributed by atoms with van der Waals surface area (Å²) in [5, 5.41) is 13.5. The van der Waals surface area contributed by atoms with E-state index in [2.05, 4.69) is 5.32 Å². The molecule has 3 atom stereocenters. The predicted octanol–water partition coefficient (Wildman–Crippen LogP) is 4.68. The Balaban J connectivity index is 1.13. The second-order valence-corrected chi connectivity index (χ2v) is 10.4. The van der Waals surface area contributed by atoms with Crippen molar-refractivity contribution in [3.05, 3.63) is 52.5 Å². The van der Waals surface area contributed by atoms with Gasteiger partial charge in [0, 0.05) is 50.2 Å². The predicted molar refractivity (Wildman–Crippen MR) is 141 cm³/mol. The van der Waals surface area contributed by atoms with Crippen molar-refractivity contribution in [3.63, 3.8) is 0 Å². The summed E-state index contributed by atoms with van der Waals surface area (Å²) >= 11 is 0. The zero-order chi connectivity index (χ0) is 26.5. The summed E-state index contributed by atoms with van der Waals surface area (Å²) in [7, 11) is 1.71. The standard InChI is InChI=1S/C29H38FN3O5/c1-36-26-17-20(32-28-23(26)7-4-12-31-28)6-2-3-14-37-21-11-13-33(18-21)27(29(34)35)24-16-19(30)9-10-22(24)25-8-5-15-38-25/h9-10,16-17,21,25,27H,2-8,11-15,18H2,1H3,(H,31,32)(H,34,35)/t21-,25+,27-/m1/s1. The summed E-state index contributed by atoms with van der Waals surface area (Å²) in [5.74, 6) is 0.454. The molecule has 0 aliphatic carbocycles. The van der Waals surface area contributed by atoms with Crippen LogP contribution in [0.3, 0.4) is 0 Å². The molecule has 8 nitrogen and oxygen atoms in total. The third kappa shape index (κ3) is 6.11. The molecule has 38 heavy (non-hydrogen) atoms. The first-order valence-corrected chi connectivity index (χ1v) is 13.8. The van der Waals surface area contributed by atoms with Gasteiger partial charge in [-0.05, 0) is 74.6 Å². The number of rotatable bonds is 11. The van der Waals surface area contributed by atoms with E-state index in [1.54, 1.807) is 13.2 Å². The Morgan fingerprint density at radius 1 is 1.29 bits per heavy atom. The van der Waals surface area contributed by atoms with Crippen LogP contribution in [0, 0.1) is 5.82 Å². The first kappa shape index (κ1) is 26.8. The van der Waals surface area contributed by atoms with E-state index in [-0.39, 0.29) is 12.2 Å². The number of pyridine rings is 1. The smallest absolute Gasteiger partial charge is 0.325 e. The van der Waals surface area contributed by atoms with E-state index in [4.69, 9.17) is 19.2 Å². The monoisotopic (exact) mass is 527 g/mol. The van der Waals surface area contributed by atoms with Gasteiger partial charge in [0.2, 0.25) is 0 Å². The summed E-state index contributed by atoms with van der Waals surface area (Å²) in [4.78, 5) is 19.1. The fourth-order valence-corrected chi connectivity index (χ4v) is 5.94. The molecule has 1 aromatic carbocycles. The number of ether oxygens (including phenoxy) is 3. The molecule has 0 saturated carbocycles. The van der Waals surface area contributed by atoms with Crippen molar-refractivity contribution >= 4 is 11.8 Å². The molecular weight excluding hydrogens is 489 g/mol. The normalized spacial score (nSPS) is 22.2. The highest BCUT2D eigenvalue weighted by Crippen LogP contribution is 2.37. The van der Waals surface area contributed by atoms with Gasteiger partial charge in [0.05, 0.1) is 19.3 Å². The number of halogens is 1. The van der Waals surface area contributed by atoms with Crippen molar-refractivity contribution < 1.29 is 28.5 Å². The first-order chi connectivity index (χ1) is 18.5. The molecule has 4 heterocycles. The van der Waals surface area contributed by atoms with Crippen molar-refractivity contribution in [3.8, 4) is 5.75 Å². The van der Waals surface area contributed by atoms with Crippen molar-refractivity contribution in [2.45, 2.75) is 69.6 Å². The summed E-state index contributed by atoms with van der Waals surface area (Å²) in [5.41, 5.74) is 3.46. The average molecular weight is 528 g/mol. The van der Waals surface area contributed by atoms with Gasteiger partial charge in [0.15, 0.2) is 0 Å². The summed E-state index contributed by atoms with van der Waals surface area (Å²) in [6, 6.07) is 5.57. The highest BCUT2D eigenvalue weighted by molar-refractivity contribution is 5.76. The molecule has 3 aliphatic heterocycles. The minimum atomic E-state index is -0.974. The van der Waals surface area contributed by atoms with E-state index in [9.17, 15) is 14.3 Å². The van der Waals surface area contributed by atoms with Crippen LogP contribution in [0.5, 0.6) is 5.75 Å². The van der Waals surface area contributed by atoms with Crippen LogP contribution in [0.2, 0.25) is 0 Å². The molecule has 2 saturated heterocycles. The van der Waals surface area contributed by atoms with Crippen LogP contribution in [0.4, 0.5) is 10.2 Å². The second kappa shape index (κ2) is 12.4. The van der Waals surface area contributed by atoms with E-state index in [0.29, 0.717) is 31.9 Å². The summed E-state index contributed by atoms with van der Waals surface area (Å²) < 4.78 is 31.8. The molecule has 0 radical (unpaired) electrons. The number of nitrogens with zero attached hydrogens (tertiary/aromatic N) is 2. The maximum absolute atomic E-state index is 14.2. The molecule has 0 unspecified atom stereocenters. The molecule has 3 aliphatic rings. The highest BCUT2D eigenvalue weighted by Gasteiger charge is 2.37. The molecule has 0 amide bonds. The van der Waals surface area contributed by atoms with Gasteiger partial charge in [0.25, 0.3) is 0 Å². The van der Waals surface area contributed by atoms with Crippen LogP contribution >= 0.6 is 0 Å². The number of carbonyl (C=O) groups is 1. The minimum Gasteiger partial charge on any atom is -0.496 e.